The Labute approximate surface area is 956 Å². The third kappa shape index (κ3) is 947000. The van der Waals surface area contributed by atoms with Crippen molar-refractivity contribution in [3.8, 4) is 0 Å². The van der Waals surface area contributed by atoms with E-state index in [2.05, 4.69) is 87.0 Å². The van der Waals surface area contributed by atoms with Crippen molar-refractivity contribution in [3.05, 3.63) is 0 Å². The maximum atomic E-state index is 6.00. The van der Waals surface area contributed by atoms with Crippen molar-refractivity contribution < 1.29 is 0 Å². The maximum absolute atomic E-state index is 6.00. The fourth-order valence-electron chi connectivity index (χ4n) is 0. The molecule has 0 rings (SSSR count). The van der Waals surface area contributed by atoms with E-state index in [-0.39, 0.29) is 832 Å². The first-order valence-electron chi connectivity index (χ1n) is 1.63. The Kier molecular flexibility index (Phi) is 354000000. The van der Waals surface area contributed by atoms with E-state index in [0.717, 1.165) is 0 Å². The summed E-state index contributed by atoms with van der Waals surface area (Å²) in [7, 11) is 0. The fraction of sp³-hybridized carbons (Fsp3) is 1.00. The SMILES string of the molecule is C.C.C.C.C.C.C.C.C.C.C.C.C.C.C.C.C.C.C.C.C.C.C.C.C.C.C.C.C.C.C.C.C.C.C.C.C.C.C.C.C.C.C.C.C.C.C.C.C.C.C.C.C.C.C.C.C.C.C.C.C.C.C.C.C.C.C.C.C.C.C.C.C.C.C.C.C.C.C.C.C.C.C.C.C.C.C.C.C.C.C.C.C.C.C.C.C.C.C.C.C.C.C.C.C.C.C.C.C.C.C.C.N#N.N=S.N=S.N=S.N=S.N=S.N=S.N=S.[No]. The van der Waals surface area contributed by atoms with Gasteiger partial charge in [-0.25, -0.2) is 33.5 Å². The van der Waals surface area contributed by atoms with Crippen LogP contribution in [0.2, 0.25) is 0 Å². The monoisotopic (exact) mass is 2410 g/mol. The second-order valence-corrected chi connectivity index (χ2v) is 0. The van der Waals surface area contributed by atoms with Crippen LogP contribution in [0, 0.1) is 44.2 Å². The third-order valence-electron chi connectivity index (χ3n) is 0. The molecule has 1004 valence electrons. The Hall–Kier alpha value is -1.44. The molecule has 0 fully saturated rings. The van der Waals surface area contributed by atoms with Gasteiger partial charge in [-0.3, -0.25) is 0 Å². The first-order valence-corrected chi connectivity index (χ1v) is 4.49. The van der Waals surface area contributed by atoms with Crippen LogP contribution in [0.4, 0.5) is 0 Å². The molecule has 9 nitrogen and oxygen atoms in total. The van der Waals surface area contributed by atoms with E-state index in [1.807, 2.05) is 0 Å². The van der Waals surface area contributed by atoms with Crippen LogP contribution >= 0.6 is 0 Å². The molecule has 0 aromatic heterocycles. The van der Waals surface area contributed by atoms with Crippen LogP contribution < -0.4 is 0 Å². The van der Waals surface area contributed by atoms with E-state index in [9.17, 15) is 0 Å². The molecule has 0 amide bonds. The molecule has 0 saturated heterocycles. The van der Waals surface area contributed by atoms with E-state index in [1.165, 1.54) is 0 Å². The minimum Gasteiger partial charge on any atom is -0.235 e. The molecule has 0 unspecified atom stereocenters. The molecule has 0 aliphatic carbocycles. The van der Waals surface area contributed by atoms with Crippen LogP contribution in [0.3, 0.4) is 0 Å². The Morgan fingerprint density at radius 1 is 0.0543 bits per heavy atom. The normalized spacial score (nSPS) is 0.233. The summed E-state index contributed by atoms with van der Waals surface area (Å²) in [4.78, 5) is 0. The molecule has 0 aromatic carbocycles. The van der Waals surface area contributed by atoms with Gasteiger partial charge >= 0.3 is 0 Å². The molecule has 0 atom stereocenters. The molecule has 0 aliphatic rings. The van der Waals surface area contributed by atoms with E-state index in [0.29, 0.717) is 0 Å². The van der Waals surface area contributed by atoms with Crippen LogP contribution in [0.1, 0.15) is 832 Å². The summed E-state index contributed by atoms with van der Waals surface area (Å²) in [6.45, 7) is 0. The molecule has 7 N–H and O–H groups in total. The molecule has 0 spiro atoms. The predicted molar refractivity (Wildman–Crippen MR) is 828 cm³/mol. The second kappa shape index (κ2) is 962000. The minimum absolute atomic E-state index is 0. The minimum atomic E-state index is 0. The van der Waals surface area contributed by atoms with Crippen molar-refractivity contribution in [2.24, 2.45) is 0 Å². The molecule has 0 heterocycles. The van der Waals surface area contributed by atoms with Gasteiger partial charge in [0.1, 0.15) is 0 Å². The van der Waals surface area contributed by atoms with Crippen molar-refractivity contribution in [3.63, 3.8) is 0 Å². The molecular formula is C112H455N9NoS7. The summed E-state index contributed by atoms with van der Waals surface area (Å²) in [6.07, 6.45) is 0. The zero-order valence-corrected chi connectivity index (χ0v) is 15.5. The molecule has 0 aliphatic heterocycles. The molecule has 0 radical (unpaired) electrons. The summed E-state index contributed by atoms with van der Waals surface area (Å²) in [5, 5.41) is 12.0. The van der Waals surface area contributed by atoms with E-state index < -0.39 is 0 Å². The molecule has 0 aromatic rings. The van der Waals surface area contributed by atoms with Gasteiger partial charge in [-0.2, -0.15) is 0 Å². The van der Waals surface area contributed by atoms with Crippen molar-refractivity contribution >= 4 is 87.0 Å². The summed E-state index contributed by atoms with van der Waals surface area (Å²) >= 11 is 23.3. The zero-order valence-electron chi connectivity index (χ0n) is 7.52. The van der Waals surface area contributed by atoms with Gasteiger partial charge in [0.25, 0.3) is 0 Å². The molecule has 17 heteroatoms. The van der Waals surface area contributed by atoms with Crippen LogP contribution in [0.5, 0.6) is 0 Å². The summed E-state index contributed by atoms with van der Waals surface area (Å²) < 4.78 is 37.3. The van der Waals surface area contributed by atoms with Crippen molar-refractivity contribution in [1.82, 2.24) is 0 Å². The van der Waals surface area contributed by atoms with Gasteiger partial charge in [-0.15, -0.1) is 0 Å². The first-order chi connectivity index (χ1) is 8.00. The zero-order chi connectivity index (χ0) is 16.0. The standard InChI is InChI=1S/112CH4.N2.7HNS.No/c;;;;;;;;;;;;;;;;;;;;;;;;;;;;;;;;;;;;;;;;;;;;;;;;;;;;;;;;;;;;;;;;;;;;;;;;;;;;;;;;;;;;;;;;;;;;;;;;;;;;;;;;;;;;;;;;8*1-2;/h112*1H4;;7*1H;. The maximum Gasteiger partial charge on any atom is 0.0324 e. The van der Waals surface area contributed by atoms with Crippen molar-refractivity contribution in [2.45, 2.75) is 832 Å². The number of hydrogen-bond acceptors (Lipinski definition) is 16. The summed E-state index contributed by atoms with van der Waals surface area (Å²) in [5.74, 6) is 0. The quantitative estimate of drug-likeness (QED) is 0.115. The Morgan fingerprint density at radius 3 is 0.0543 bits per heavy atom. The predicted octanol–water partition coefficient (Wildman–Crippen LogP) is 73.3. The topological polar surface area (TPSA) is 215 Å². The van der Waals surface area contributed by atoms with E-state index in [1.54, 1.807) is 0 Å². The Balaban J connectivity index is -0.0000000000423. The molecule has 129 heavy (non-hydrogen) atoms. The van der Waals surface area contributed by atoms with E-state index in [4.69, 9.17) is 44.2 Å². The van der Waals surface area contributed by atoms with Gasteiger partial charge in [0.15, 0.2) is 0 Å². The summed E-state index contributed by atoms with van der Waals surface area (Å²) in [6, 6.07) is 0. The fourth-order valence-corrected chi connectivity index (χ4v) is 0. The Bertz CT molecular complexity index is 136. The van der Waals surface area contributed by atoms with Gasteiger partial charge in [-0.05, 0) is 0 Å². The van der Waals surface area contributed by atoms with E-state index >= 15 is 0 Å². The van der Waals surface area contributed by atoms with Gasteiger partial charge in [-0.1, -0.05) is 832 Å². The smallest absolute Gasteiger partial charge is 0.0324 e. The van der Waals surface area contributed by atoms with Crippen molar-refractivity contribution in [1.29, 1.82) is 44.2 Å². The van der Waals surface area contributed by atoms with Crippen LogP contribution in [0.25, 0.3) is 0 Å². The summed E-state index contributed by atoms with van der Waals surface area (Å²) in [5.41, 5.74) is 0. The van der Waals surface area contributed by atoms with Gasteiger partial charge in [0, 0.05) is 97.8 Å². The molecule has 0 bridgehead atoms. The number of rotatable bonds is 0. The number of nitrogens with zero attached hydrogens (tertiary/aromatic N) is 2. The van der Waals surface area contributed by atoms with Crippen LogP contribution in [-0.2, 0) is 87.0 Å². The first kappa shape index (κ1) is 47500. The van der Waals surface area contributed by atoms with Gasteiger partial charge in [0.05, 0.1) is 0 Å². The molecule has 0 saturated carbocycles. The van der Waals surface area contributed by atoms with Crippen LogP contribution in [-0.4, -0.2) is 0 Å². The number of nitrogens with one attached hydrogen (secondary N) is 7. The average molecular weight is 2410 g/mol. The largest absolute Gasteiger partial charge is 0.235 e. The Morgan fingerprint density at radius 2 is 0.0543 bits per heavy atom. The van der Waals surface area contributed by atoms with Crippen LogP contribution in [0.15, 0.2) is 0 Å². The van der Waals surface area contributed by atoms with Crippen molar-refractivity contribution in [2.75, 3.05) is 0 Å². The number of hydrogen-bond donors (Lipinski definition) is 7. The van der Waals surface area contributed by atoms with Gasteiger partial charge in [0.2, 0.25) is 0 Å². The third-order valence-corrected chi connectivity index (χ3v) is 0. The average Bonchev–Trinajstić information content (AvgIpc) is 2.54. The van der Waals surface area contributed by atoms with Gasteiger partial charge < -0.3 is 0 Å². The second-order valence-electron chi connectivity index (χ2n) is 0. The molecular weight excluding hydrogens is 1950 g/mol.